The van der Waals surface area contributed by atoms with Crippen LogP contribution in [0, 0.1) is 6.92 Å². The number of nitrogens with zero attached hydrogens (tertiary/aromatic N) is 2. The molecular weight excluding hydrogens is 508 g/mol. The molecule has 0 aliphatic heterocycles. The Morgan fingerprint density at radius 1 is 0.946 bits per heavy atom. The summed E-state index contributed by atoms with van der Waals surface area (Å²) >= 11 is 6.14. The predicted octanol–water partition coefficient (Wildman–Crippen LogP) is 6.28. The van der Waals surface area contributed by atoms with E-state index in [2.05, 4.69) is 0 Å². The quantitative estimate of drug-likeness (QED) is 0.260. The number of benzene rings is 3. The first-order chi connectivity index (χ1) is 17.5. The fourth-order valence-electron chi connectivity index (χ4n) is 4.18. The van der Waals surface area contributed by atoms with Gasteiger partial charge in [0.25, 0.3) is 0 Å². The molecule has 0 bridgehead atoms. The second kappa shape index (κ2) is 10.5. The van der Waals surface area contributed by atoms with Crippen molar-refractivity contribution in [2.45, 2.75) is 56.1 Å². The molecule has 0 aliphatic carbocycles. The van der Waals surface area contributed by atoms with Gasteiger partial charge >= 0.3 is 5.97 Å². The number of ether oxygens (including phenoxy) is 1. The van der Waals surface area contributed by atoms with E-state index in [1.807, 2.05) is 39.8 Å². The molecule has 0 saturated heterocycles. The molecule has 0 spiro atoms. The highest BCUT2D eigenvalue weighted by molar-refractivity contribution is 7.91. The van der Waals surface area contributed by atoms with Crippen molar-refractivity contribution < 1.29 is 17.9 Å². The maximum Gasteiger partial charge on any atom is 0.310 e. The lowest BCUT2D eigenvalue weighted by molar-refractivity contribution is -0.153. The van der Waals surface area contributed by atoms with Gasteiger partial charge in [0.05, 0.1) is 34.1 Å². The van der Waals surface area contributed by atoms with Crippen molar-refractivity contribution in [1.29, 1.82) is 0 Å². The van der Waals surface area contributed by atoms with Crippen LogP contribution >= 0.6 is 11.6 Å². The van der Waals surface area contributed by atoms with Gasteiger partial charge in [0.15, 0.2) is 0 Å². The number of aryl methyl sites for hydroxylation is 1. The van der Waals surface area contributed by atoms with Crippen LogP contribution in [0.3, 0.4) is 0 Å². The smallest absolute Gasteiger partial charge is 0.310 e. The Morgan fingerprint density at radius 2 is 1.57 bits per heavy atom. The molecule has 1 aromatic heterocycles. The van der Waals surface area contributed by atoms with E-state index in [1.165, 1.54) is 0 Å². The second-order valence-electron chi connectivity index (χ2n) is 9.76. The minimum absolute atomic E-state index is 0.0328. The van der Waals surface area contributed by atoms with E-state index in [4.69, 9.17) is 21.4 Å². The SMILES string of the molecule is Cc1nn(Cc2ccccc2S(=O)(=O)c2ccccc2)c(-c2ccc(Cl)cc2)c1CC(=O)OC(C)(C)C. The molecule has 0 amide bonds. The van der Waals surface area contributed by atoms with Crippen LogP contribution in [0.15, 0.2) is 88.7 Å². The molecule has 37 heavy (non-hydrogen) atoms. The minimum Gasteiger partial charge on any atom is -0.460 e. The summed E-state index contributed by atoms with van der Waals surface area (Å²) in [7, 11) is -3.75. The molecule has 0 saturated carbocycles. The van der Waals surface area contributed by atoms with Crippen molar-refractivity contribution in [2.75, 3.05) is 0 Å². The summed E-state index contributed by atoms with van der Waals surface area (Å²) in [6.45, 7) is 7.50. The number of halogens is 1. The van der Waals surface area contributed by atoms with E-state index in [9.17, 15) is 13.2 Å². The van der Waals surface area contributed by atoms with E-state index in [0.29, 0.717) is 22.0 Å². The fraction of sp³-hybridized carbons (Fsp3) is 0.241. The van der Waals surface area contributed by atoms with E-state index in [-0.39, 0.29) is 28.7 Å². The summed E-state index contributed by atoms with van der Waals surface area (Å²) in [4.78, 5) is 13.2. The van der Waals surface area contributed by atoms with Crippen LogP contribution in [0.5, 0.6) is 0 Å². The van der Waals surface area contributed by atoms with Gasteiger partial charge in [-0.3, -0.25) is 9.48 Å². The Labute approximate surface area is 222 Å². The Balaban J connectivity index is 1.81. The van der Waals surface area contributed by atoms with Crippen LogP contribution in [-0.2, 0) is 32.3 Å². The molecule has 0 unspecified atom stereocenters. The Kier molecular flexibility index (Phi) is 7.57. The average Bonchev–Trinajstić information content (AvgIpc) is 3.13. The third kappa shape index (κ3) is 6.12. The zero-order chi connectivity index (χ0) is 26.8. The molecule has 0 fully saturated rings. The summed E-state index contributed by atoms with van der Waals surface area (Å²) in [5.74, 6) is -0.364. The van der Waals surface area contributed by atoms with Gasteiger partial charge in [-0.2, -0.15) is 5.10 Å². The lowest BCUT2D eigenvalue weighted by Crippen LogP contribution is -2.25. The summed E-state index contributed by atoms with van der Waals surface area (Å²) in [6, 6.07) is 22.5. The molecule has 4 aromatic rings. The van der Waals surface area contributed by atoms with Crippen LogP contribution in [0.1, 0.15) is 37.6 Å². The molecule has 0 N–H and O–H groups in total. The van der Waals surface area contributed by atoms with E-state index >= 15 is 0 Å². The zero-order valence-electron chi connectivity index (χ0n) is 21.2. The number of sulfone groups is 1. The molecular formula is C29H29ClN2O4S. The van der Waals surface area contributed by atoms with Crippen LogP contribution < -0.4 is 0 Å². The first kappa shape index (κ1) is 26.6. The summed E-state index contributed by atoms with van der Waals surface area (Å²) < 4.78 is 34.3. The third-order valence-electron chi connectivity index (χ3n) is 5.75. The maximum absolute atomic E-state index is 13.5. The van der Waals surface area contributed by atoms with Gasteiger partial charge in [-0.15, -0.1) is 0 Å². The van der Waals surface area contributed by atoms with Crippen LogP contribution in [0.2, 0.25) is 5.02 Å². The first-order valence-corrected chi connectivity index (χ1v) is 13.7. The topological polar surface area (TPSA) is 78.3 Å². The summed E-state index contributed by atoms with van der Waals surface area (Å²) in [6.07, 6.45) is 0.0328. The number of carbonyl (C=O) groups is 1. The van der Waals surface area contributed by atoms with Gasteiger partial charge in [0.1, 0.15) is 5.60 Å². The third-order valence-corrected chi connectivity index (χ3v) is 7.87. The average molecular weight is 537 g/mol. The lowest BCUT2D eigenvalue weighted by Gasteiger charge is -2.19. The number of aromatic nitrogens is 2. The highest BCUT2D eigenvalue weighted by Crippen LogP contribution is 2.31. The van der Waals surface area contributed by atoms with Gasteiger partial charge in [-0.1, -0.05) is 60.1 Å². The molecule has 1 heterocycles. The minimum atomic E-state index is -3.75. The van der Waals surface area contributed by atoms with Crippen molar-refractivity contribution in [3.8, 4) is 11.3 Å². The number of carbonyl (C=O) groups excluding carboxylic acids is 1. The number of rotatable bonds is 7. The standard InChI is InChI=1S/C29H29ClN2O4S/c1-20-25(18-27(33)36-29(2,3)4)28(21-14-16-23(30)17-15-21)32(31-20)19-22-10-8-9-13-26(22)37(34,35)24-11-6-5-7-12-24/h5-17H,18-19H2,1-4H3. The molecule has 0 radical (unpaired) electrons. The number of hydrogen-bond acceptors (Lipinski definition) is 5. The molecule has 0 atom stereocenters. The predicted molar refractivity (Wildman–Crippen MR) is 144 cm³/mol. The number of hydrogen-bond donors (Lipinski definition) is 0. The second-order valence-corrected chi connectivity index (χ2v) is 12.1. The largest absolute Gasteiger partial charge is 0.460 e. The monoisotopic (exact) mass is 536 g/mol. The Morgan fingerprint density at radius 3 is 2.22 bits per heavy atom. The van der Waals surface area contributed by atoms with Crippen molar-refractivity contribution in [3.05, 3.63) is 101 Å². The van der Waals surface area contributed by atoms with E-state index < -0.39 is 15.4 Å². The summed E-state index contributed by atoms with van der Waals surface area (Å²) in [5.41, 5.74) is 2.89. The first-order valence-electron chi connectivity index (χ1n) is 11.9. The molecule has 0 aliphatic rings. The molecule has 4 rings (SSSR count). The van der Waals surface area contributed by atoms with Crippen LogP contribution in [-0.4, -0.2) is 29.8 Å². The van der Waals surface area contributed by atoms with Gasteiger partial charge in [-0.25, -0.2) is 8.42 Å². The lowest BCUT2D eigenvalue weighted by atomic mass is 10.0. The fourth-order valence-corrected chi connectivity index (χ4v) is 5.81. The molecule has 8 heteroatoms. The molecule has 3 aromatic carbocycles. The van der Waals surface area contributed by atoms with Gasteiger partial charge < -0.3 is 4.74 Å². The molecule has 192 valence electrons. The normalized spacial score (nSPS) is 11.9. The van der Waals surface area contributed by atoms with Gasteiger partial charge in [-0.05, 0) is 63.6 Å². The highest BCUT2D eigenvalue weighted by Gasteiger charge is 2.25. The van der Waals surface area contributed by atoms with Gasteiger partial charge in [0.2, 0.25) is 9.84 Å². The Hall–Kier alpha value is -3.42. The van der Waals surface area contributed by atoms with E-state index in [1.54, 1.807) is 71.4 Å². The van der Waals surface area contributed by atoms with Crippen molar-refractivity contribution in [2.24, 2.45) is 0 Å². The Bertz CT molecular complexity index is 1520. The van der Waals surface area contributed by atoms with Crippen molar-refractivity contribution >= 4 is 27.4 Å². The van der Waals surface area contributed by atoms with Gasteiger partial charge in [0, 0.05) is 16.1 Å². The summed E-state index contributed by atoms with van der Waals surface area (Å²) in [5, 5.41) is 5.31. The highest BCUT2D eigenvalue weighted by atomic mass is 35.5. The maximum atomic E-state index is 13.5. The molecule has 6 nitrogen and oxygen atoms in total. The van der Waals surface area contributed by atoms with Crippen LogP contribution in [0.4, 0.5) is 0 Å². The van der Waals surface area contributed by atoms with E-state index in [0.717, 1.165) is 11.1 Å². The number of esters is 1. The van der Waals surface area contributed by atoms with Crippen molar-refractivity contribution in [3.63, 3.8) is 0 Å². The van der Waals surface area contributed by atoms with Crippen molar-refractivity contribution in [1.82, 2.24) is 9.78 Å². The zero-order valence-corrected chi connectivity index (χ0v) is 22.8. The van der Waals surface area contributed by atoms with Crippen LogP contribution in [0.25, 0.3) is 11.3 Å².